The predicted octanol–water partition coefficient (Wildman–Crippen LogP) is 0.764. The van der Waals surface area contributed by atoms with Crippen molar-refractivity contribution in [3.63, 3.8) is 0 Å². The first-order chi connectivity index (χ1) is 10.7. The van der Waals surface area contributed by atoms with Crippen molar-refractivity contribution in [2.24, 2.45) is 0 Å². The van der Waals surface area contributed by atoms with Gasteiger partial charge in [0, 0.05) is 26.2 Å². The van der Waals surface area contributed by atoms with Crippen molar-refractivity contribution in [3.05, 3.63) is 5.51 Å². The lowest BCUT2D eigenvalue weighted by molar-refractivity contribution is -0.130. The van der Waals surface area contributed by atoms with Gasteiger partial charge in [0.25, 0.3) is 0 Å². The molecule has 0 unspecified atom stereocenters. The summed E-state index contributed by atoms with van der Waals surface area (Å²) in [6.45, 7) is 5.28. The molecular formula is C13H21N5O2S2. The molecule has 2 rings (SSSR count). The Bertz CT molecular complexity index is 475. The molecule has 7 nitrogen and oxygen atoms in total. The molecule has 0 bridgehead atoms. The number of carbonyl (C=O) groups excluding carboxylic acids is 2. The molecule has 1 saturated heterocycles. The summed E-state index contributed by atoms with van der Waals surface area (Å²) in [7, 11) is 0. The second-order valence-corrected chi connectivity index (χ2v) is 6.94. The van der Waals surface area contributed by atoms with E-state index < -0.39 is 0 Å². The highest BCUT2D eigenvalue weighted by Gasteiger charge is 2.22. The lowest BCUT2D eigenvalue weighted by Gasteiger charge is -2.34. The number of rotatable bonds is 7. The van der Waals surface area contributed by atoms with Crippen molar-refractivity contribution >= 4 is 40.0 Å². The molecule has 1 N–H and O–H groups in total. The molecule has 0 spiro atoms. The number of nitrogens with zero attached hydrogens (tertiary/aromatic N) is 4. The first-order valence-corrected chi connectivity index (χ1v) is 9.36. The standard InChI is InChI=1S/C13H21N5O2S2/c1-2-7-21-9-12(20)18-5-3-17(4-6-18)8-11(19)15-13-16-14-10-22-13/h10H,2-9H2,1H3,(H,15,16,19). The maximum Gasteiger partial charge on any atom is 0.240 e. The Morgan fingerprint density at radius 2 is 2.14 bits per heavy atom. The van der Waals surface area contributed by atoms with Crippen LogP contribution in [0.1, 0.15) is 13.3 Å². The maximum absolute atomic E-state index is 12.0. The zero-order chi connectivity index (χ0) is 15.8. The Hall–Kier alpha value is -1.19. The number of piperazine rings is 1. The average molecular weight is 343 g/mol. The molecule has 2 amide bonds. The zero-order valence-electron chi connectivity index (χ0n) is 12.7. The van der Waals surface area contributed by atoms with Gasteiger partial charge in [-0.15, -0.1) is 10.2 Å². The molecule has 9 heteroatoms. The summed E-state index contributed by atoms with van der Waals surface area (Å²) >= 11 is 2.99. The van der Waals surface area contributed by atoms with E-state index in [0.29, 0.717) is 30.5 Å². The molecule has 1 fully saturated rings. The quantitative estimate of drug-likeness (QED) is 0.737. The predicted molar refractivity (Wildman–Crippen MR) is 89.2 cm³/mol. The number of hydrogen-bond acceptors (Lipinski definition) is 7. The van der Waals surface area contributed by atoms with Gasteiger partial charge in [-0.25, -0.2) is 0 Å². The normalized spacial score (nSPS) is 15.8. The fourth-order valence-corrected chi connectivity index (χ4v) is 3.39. The van der Waals surface area contributed by atoms with Crippen molar-refractivity contribution in [3.8, 4) is 0 Å². The minimum atomic E-state index is -0.0879. The second-order valence-electron chi connectivity index (χ2n) is 5.00. The number of thioether (sulfide) groups is 1. The molecule has 122 valence electrons. The fraction of sp³-hybridized carbons (Fsp3) is 0.692. The number of hydrogen-bond donors (Lipinski definition) is 1. The van der Waals surface area contributed by atoms with E-state index in [1.54, 1.807) is 17.3 Å². The summed E-state index contributed by atoms with van der Waals surface area (Å²) in [4.78, 5) is 27.8. The lowest BCUT2D eigenvalue weighted by atomic mass is 10.3. The minimum absolute atomic E-state index is 0.0879. The van der Waals surface area contributed by atoms with Gasteiger partial charge in [0.2, 0.25) is 16.9 Å². The van der Waals surface area contributed by atoms with Crippen LogP contribution >= 0.6 is 23.1 Å². The van der Waals surface area contributed by atoms with Gasteiger partial charge in [-0.05, 0) is 12.2 Å². The van der Waals surface area contributed by atoms with Crippen molar-refractivity contribution < 1.29 is 9.59 Å². The molecular weight excluding hydrogens is 322 g/mol. The topological polar surface area (TPSA) is 78.4 Å². The van der Waals surface area contributed by atoms with Gasteiger partial charge in [-0.2, -0.15) is 11.8 Å². The summed E-state index contributed by atoms with van der Waals surface area (Å²) in [6.07, 6.45) is 1.09. The maximum atomic E-state index is 12.0. The van der Waals surface area contributed by atoms with E-state index in [1.165, 1.54) is 11.3 Å². The van der Waals surface area contributed by atoms with Gasteiger partial charge in [0.15, 0.2) is 0 Å². The van der Waals surface area contributed by atoms with Crippen molar-refractivity contribution in [2.75, 3.05) is 49.5 Å². The molecule has 1 aromatic heterocycles. The summed E-state index contributed by atoms with van der Waals surface area (Å²) in [6, 6.07) is 0. The smallest absolute Gasteiger partial charge is 0.240 e. The number of carbonyl (C=O) groups is 2. The van der Waals surface area contributed by atoms with E-state index in [0.717, 1.165) is 25.3 Å². The monoisotopic (exact) mass is 343 g/mol. The summed E-state index contributed by atoms with van der Waals surface area (Å²) in [5.74, 6) is 1.70. The van der Waals surface area contributed by atoms with E-state index in [9.17, 15) is 9.59 Å². The van der Waals surface area contributed by atoms with E-state index in [2.05, 4.69) is 27.3 Å². The highest BCUT2D eigenvalue weighted by Crippen LogP contribution is 2.10. The van der Waals surface area contributed by atoms with E-state index in [4.69, 9.17) is 0 Å². The zero-order valence-corrected chi connectivity index (χ0v) is 14.3. The first-order valence-electron chi connectivity index (χ1n) is 7.33. The molecule has 0 radical (unpaired) electrons. The van der Waals surface area contributed by atoms with Gasteiger partial charge < -0.3 is 4.90 Å². The first kappa shape index (κ1) is 17.2. The van der Waals surface area contributed by atoms with Gasteiger partial charge in [-0.3, -0.25) is 19.8 Å². The minimum Gasteiger partial charge on any atom is -0.339 e. The number of nitrogens with one attached hydrogen (secondary N) is 1. The Morgan fingerprint density at radius 1 is 1.36 bits per heavy atom. The van der Waals surface area contributed by atoms with Crippen LogP contribution in [0.5, 0.6) is 0 Å². The largest absolute Gasteiger partial charge is 0.339 e. The third kappa shape index (κ3) is 5.54. The van der Waals surface area contributed by atoms with Crippen LogP contribution in [-0.4, -0.2) is 76.0 Å². The van der Waals surface area contributed by atoms with Crippen LogP contribution < -0.4 is 5.32 Å². The summed E-state index contributed by atoms with van der Waals surface area (Å²) < 4.78 is 0. The van der Waals surface area contributed by atoms with Gasteiger partial charge >= 0.3 is 0 Å². The molecule has 1 aliphatic heterocycles. The molecule has 0 aromatic carbocycles. The Kier molecular flexibility index (Phi) is 7.07. The van der Waals surface area contributed by atoms with E-state index >= 15 is 0 Å². The Balaban J connectivity index is 1.66. The molecule has 2 heterocycles. The summed E-state index contributed by atoms with van der Waals surface area (Å²) in [5, 5.41) is 10.7. The third-order valence-corrected chi connectivity index (χ3v) is 5.03. The highest BCUT2D eigenvalue weighted by atomic mass is 32.2. The van der Waals surface area contributed by atoms with Crippen LogP contribution in [0.25, 0.3) is 0 Å². The third-order valence-electron chi connectivity index (χ3n) is 3.27. The van der Waals surface area contributed by atoms with Gasteiger partial charge in [-0.1, -0.05) is 18.3 Å². The number of anilines is 1. The van der Waals surface area contributed by atoms with Crippen LogP contribution in [0.4, 0.5) is 5.13 Å². The average Bonchev–Trinajstić information content (AvgIpc) is 3.01. The molecule has 1 aliphatic rings. The molecule has 1 aromatic rings. The van der Waals surface area contributed by atoms with Crippen molar-refractivity contribution in [1.82, 2.24) is 20.0 Å². The molecule has 0 aliphatic carbocycles. The van der Waals surface area contributed by atoms with Crippen LogP contribution in [0.2, 0.25) is 0 Å². The second kappa shape index (κ2) is 9.06. The molecule has 0 saturated carbocycles. The number of amides is 2. The SMILES string of the molecule is CCCSCC(=O)N1CCN(CC(=O)Nc2nncs2)CC1. The van der Waals surface area contributed by atoms with Crippen LogP contribution in [0.3, 0.4) is 0 Å². The van der Waals surface area contributed by atoms with Gasteiger partial charge in [0.05, 0.1) is 12.3 Å². The van der Waals surface area contributed by atoms with E-state index in [1.807, 2.05) is 4.90 Å². The van der Waals surface area contributed by atoms with Crippen LogP contribution in [0, 0.1) is 0 Å². The highest BCUT2D eigenvalue weighted by molar-refractivity contribution is 7.99. The Labute approximate surface area is 138 Å². The lowest BCUT2D eigenvalue weighted by Crippen LogP contribution is -2.50. The summed E-state index contributed by atoms with van der Waals surface area (Å²) in [5.41, 5.74) is 1.58. The molecule has 22 heavy (non-hydrogen) atoms. The van der Waals surface area contributed by atoms with Crippen molar-refractivity contribution in [2.45, 2.75) is 13.3 Å². The number of aromatic nitrogens is 2. The van der Waals surface area contributed by atoms with E-state index in [-0.39, 0.29) is 11.8 Å². The Morgan fingerprint density at radius 3 is 2.77 bits per heavy atom. The van der Waals surface area contributed by atoms with Crippen LogP contribution in [0.15, 0.2) is 5.51 Å². The fourth-order valence-electron chi connectivity index (χ4n) is 2.14. The molecule has 0 atom stereocenters. The van der Waals surface area contributed by atoms with Crippen LogP contribution in [-0.2, 0) is 9.59 Å². The van der Waals surface area contributed by atoms with Gasteiger partial charge in [0.1, 0.15) is 5.51 Å². The van der Waals surface area contributed by atoms with Crippen molar-refractivity contribution in [1.29, 1.82) is 0 Å².